The number of ether oxygens (including phenoxy) is 1. The topological polar surface area (TPSA) is 50.4 Å². The molecule has 0 saturated heterocycles. The lowest BCUT2D eigenvalue weighted by molar-refractivity contribution is 0.0490. The number of thiophene rings is 1. The first-order valence-electron chi connectivity index (χ1n) is 7.11. The summed E-state index contributed by atoms with van der Waals surface area (Å²) in [6.07, 6.45) is -0.361. The number of halogens is 1. The Hall–Kier alpha value is -0.590. The lowest BCUT2D eigenvalue weighted by Gasteiger charge is -2.26. The minimum atomic E-state index is -0.471. The summed E-state index contributed by atoms with van der Waals surface area (Å²) in [4.78, 5) is 13.1. The summed E-state index contributed by atoms with van der Waals surface area (Å²) >= 11 is 5.23. The molecule has 0 aromatic carbocycles. The molecule has 4 nitrogen and oxygen atoms in total. The van der Waals surface area contributed by atoms with Gasteiger partial charge in [-0.2, -0.15) is 0 Å². The highest BCUT2D eigenvalue weighted by Crippen LogP contribution is 2.22. The molecular weight excluding hydrogens is 352 g/mol. The number of hydrogen-bond donors (Lipinski definition) is 2. The van der Waals surface area contributed by atoms with Crippen LogP contribution in [0.5, 0.6) is 0 Å². The molecule has 0 aliphatic carbocycles. The molecule has 1 unspecified atom stereocenters. The fraction of sp³-hybridized carbons (Fsp3) is 0.667. The zero-order chi connectivity index (χ0) is 16.0. The van der Waals surface area contributed by atoms with E-state index in [-0.39, 0.29) is 12.1 Å². The molecule has 0 fully saturated rings. The van der Waals surface area contributed by atoms with Crippen LogP contribution in [0.2, 0.25) is 0 Å². The molecule has 6 heteroatoms. The fourth-order valence-corrected chi connectivity index (χ4v) is 3.17. The first-order chi connectivity index (χ1) is 9.69. The lowest BCUT2D eigenvalue weighted by atomic mass is 10.0. The Bertz CT molecular complexity index is 455. The molecule has 1 aromatic rings. The maximum atomic E-state index is 11.9. The summed E-state index contributed by atoms with van der Waals surface area (Å²) in [7, 11) is 0. The van der Waals surface area contributed by atoms with Crippen molar-refractivity contribution in [1.29, 1.82) is 0 Å². The van der Waals surface area contributed by atoms with Crippen molar-refractivity contribution in [3.8, 4) is 0 Å². The van der Waals surface area contributed by atoms with Gasteiger partial charge in [-0.3, -0.25) is 0 Å². The smallest absolute Gasteiger partial charge is 0.407 e. The van der Waals surface area contributed by atoms with Gasteiger partial charge in [-0.1, -0.05) is 13.8 Å². The maximum Gasteiger partial charge on any atom is 0.407 e. The fourth-order valence-electron chi connectivity index (χ4n) is 1.70. The molecule has 0 bridgehead atoms. The van der Waals surface area contributed by atoms with Gasteiger partial charge in [0.25, 0.3) is 0 Å². The normalized spacial score (nSPS) is 13.3. The molecule has 0 spiro atoms. The van der Waals surface area contributed by atoms with E-state index >= 15 is 0 Å². The Balaban J connectivity index is 2.43. The summed E-state index contributed by atoms with van der Waals surface area (Å²) < 4.78 is 6.43. The van der Waals surface area contributed by atoms with Gasteiger partial charge in [-0.25, -0.2) is 4.79 Å². The van der Waals surface area contributed by atoms with Gasteiger partial charge in [0.1, 0.15) is 5.60 Å². The van der Waals surface area contributed by atoms with Gasteiger partial charge in [-0.05, 0) is 54.1 Å². The van der Waals surface area contributed by atoms with Crippen LogP contribution in [0.3, 0.4) is 0 Å². The number of rotatable bonds is 6. The summed E-state index contributed by atoms with van der Waals surface area (Å²) in [6, 6.07) is 2.08. The van der Waals surface area contributed by atoms with E-state index < -0.39 is 5.60 Å². The van der Waals surface area contributed by atoms with Crippen molar-refractivity contribution in [2.75, 3.05) is 6.54 Å². The van der Waals surface area contributed by atoms with Gasteiger partial charge >= 0.3 is 6.09 Å². The van der Waals surface area contributed by atoms with Gasteiger partial charge in [0.15, 0.2) is 0 Å². The van der Waals surface area contributed by atoms with Crippen LogP contribution >= 0.6 is 27.3 Å². The van der Waals surface area contributed by atoms with E-state index in [2.05, 4.69) is 45.8 Å². The predicted octanol–water partition coefficient (Wildman–Crippen LogP) is 4.15. The van der Waals surface area contributed by atoms with E-state index in [1.165, 1.54) is 4.88 Å². The van der Waals surface area contributed by atoms with Crippen LogP contribution in [0.15, 0.2) is 15.9 Å². The van der Waals surface area contributed by atoms with Crippen molar-refractivity contribution in [1.82, 2.24) is 10.6 Å². The molecule has 1 rings (SSSR count). The monoisotopic (exact) mass is 376 g/mol. The Morgan fingerprint density at radius 1 is 1.43 bits per heavy atom. The molecule has 1 aromatic heterocycles. The maximum absolute atomic E-state index is 11.9. The molecule has 1 amide bonds. The number of hydrogen-bond acceptors (Lipinski definition) is 4. The van der Waals surface area contributed by atoms with E-state index in [1.54, 1.807) is 11.3 Å². The summed E-state index contributed by atoms with van der Waals surface area (Å²) in [5.41, 5.74) is -0.471. The molecule has 0 radical (unpaired) electrons. The molecule has 2 N–H and O–H groups in total. The zero-order valence-electron chi connectivity index (χ0n) is 13.3. The van der Waals surface area contributed by atoms with Crippen molar-refractivity contribution in [3.63, 3.8) is 0 Å². The molecule has 0 saturated carbocycles. The molecule has 0 aliphatic rings. The Morgan fingerprint density at radius 3 is 2.57 bits per heavy atom. The van der Waals surface area contributed by atoms with Crippen LogP contribution in [0, 0.1) is 5.92 Å². The number of alkyl carbamates (subject to hydrolysis) is 1. The average molecular weight is 377 g/mol. The largest absolute Gasteiger partial charge is 0.444 e. The van der Waals surface area contributed by atoms with Crippen molar-refractivity contribution in [2.24, 2.45) is 5.92 Å². The third kappa shape index (κ3) is 7.29. The van der Waals surface area contributed by atoms with Crippen LogP contribution in [-0.2, 0) is 11.3 Å². The van der Waals surface area contributed by atoms with E-state index in [0.29, 0.717) is 12.5 Å². The molecule has 0 aliphatic heterocycles. The lowest BCUT2D eigenvalue weighted by Crippen LogP contribution is -2.46. The minimum absolute atomic E-state index is 0.0404. The van der Waals surface area contributed by atoms with Crippen molar-refractivity contribution in [3.05, 3.63) is 20.8 Å². The second-order valence-electron chi connectivity index (χ2n) is 6.32. The first kappa shape index (κ1) is 18.5. The van der Waals surface area contributed by atoms with E-state index in [4.69, 9.17) is 4.74 Å². The zero-order valence-corrected chi connectivity index (χ0v) is 15.7. The van der Waals surface area contributed by atoms with Crippen LogP contribution in [0.25, 0.3) is 0 Å². The predicted molar refractivity (Wildman–Crippen MR) is 91.7 cm³/mol. The Kier molecular flexibility index (Phi) is 7.16. The molecule has 21 heavy (non-hydrogen) atoms. The third-order valence-electron chi connectivity index (χ3n) is 2.85. The highest BCUT2D eigenvalue weighted by molar-refractivity contribution is 9.10. The van der Waals surface area contributed by atoms with Crippen molar-refractivity contribution in [2.45, 2.75) is 52.8 Å². The van der Waals surface area contributed by atoms with Crippen LogP contribution in [-0.4, -0.2) is 24.3 Å². The van der Waals surface area contributed by atoms with Crippen molar-refractivity contribution < 1.29 is 9.53 Å². The average Bonchev–Trinajstić information content (AvgIpc) is 2.71. The quantitative estimate of drug-likeness (QED) is 0.783. The number of amides is 1. The summed E-state index contributed by atoms with van der Waals surface area (Å²) in [5, 5.41) is 8.38. The minimum Gasteiger partial charge on any atom is -0.444 e. The number of carbonyl (C=O) groups excluding carboxylic acids is 1. The van der Waals surface area contributed by atoms with E-state index in [1.807, 2.05) is 26.8 Å². The highest BCUT2D eigenvalue weighted by atomic mass is 79.9. The van der Waals surface area contributed by atoms with Gasteiger partial charge in [-0.15, -0.1) is 11.3 Å². The standard InChI is InChI=1S/C15H25BrN2O2S/c1-10(2)12(18-14(19)20-15(3,4)5)8-17-9-13-11(16)6-7-21-13/h6-7,10,12,17H,8-9H2,1-5H3,(H,18,19). The van der Waals surface area contributed by atoms with Gasteiger partial charge < -0.3 is 15.4 Å². The SMILES string of the molecule is CC(C)C(CNCc1sccc1Br)NC(=O)OC(C)(C)C. The van der Waals surface area contributed by atoms with Crippen LogP contribution < -0.4 is 10.6 Å². The molecule has 1 atom stereocenters. The van der Waals surface area contributed by atoms with E-state index in [0.717, 1.165) is 11.0 Å². The Morgan fingerprint density at radius 2 is 2.10 bits per heavy atom. The summed E-state index contributed by atoms with van der Waals surface area (Å²) in [6.45, 7) is 11.3. The van der Waals surface area contributed by atoms with Gasteiger partial charge in [0, 0.05) is 28.5 Å². The molecule has 120 valence electrons. The number of carbonyl (C=O) groups is 1. The second kappa shape index (κ2) is 8.15. The number of nitrogens with one attached hydrogen (secondary N) is 2. The first-order valence-corrected chi connectivity index (χ1v) is 8.78. The second-order valence-corrected chi connectivity index (χ2v) is 8.17. The van der Waals surface area contributed by atoms with Crippen LogP contribution in [0.4, 0.5) is 4.79 Å². The van der Waals surface area contributed by atoms with Crippen LogP contribution in [0.1, 0.15) is 39.5 Å². The highest BCUT2D eigenvalue weighted by Gasteiger charge is 2.21. The van der Waals surface area contributed by atoms with E-state index in [9.17, 15) is 4.79 Å². The van der Waals surface area contributed by atoms with Gasteiger partial charge in [0.2, 0.25) is 0 Å². The molecular formula is C15H25BrN2O2S. The van der Waals surface area contributed by atoms with Gasteiger partial charge in [0.05, 0.1) is 0 Å². The van der Waals surface area contributed by atoms with Crippen molar-refractivity contribution >= 4 is 33.4 Å². The third-order valence-corrected chi connectivity index (χ3v) is 4.77. The Labute approximate surface area is 139 Å². The summed E-state index contributed by atoms with van der Waals surface area (Å²) in [5.74, 6) is 0.330. The molecule has 1 heterocycles.